The van der Waals surface area contributed by atoms with E-state index in [9.17, 15) is 28.7 Å². The number of anilines is 1. The van der Waals surface area contributed by atoms with E-state index in [2.05, 4.69) is 10.6 Å². The van der Waals surface area contributed by atoms with Gasteiger partial charge in [-0.3, -0.25) is 14.9 Å². The van der Waals surface area contributed by atoms with Crippen LogP contribution in [0.2, 0.25) is 0 Å². The summed E-state index contributed by atoms with van der Waals surface area (Å²) in [7, 11) is 1.51. The second-order valence-electron chi connectivity index (χ2n) is 10.5. The minimum Gasteiger partial charge on any atom is -0.495 e. The van der Waals surface area contributed by atoms with E-state index >= 15 is 0 Å². The van der Waals surface area contributed by atoms with Crippen molar-refractivity contribution in [1.82, 2.24) is 10.2 Å². The van der Waals surface area contributed by atoms with E-state index in [1.54, 1.807) is 23.1 Å². The molecule has 3 amide bonds. The third-order valence-corrected chi connectivity index (χ3v) is 8.45. The first-order valence-corrected chi connectivity index (χ1v) is 13.5. The average Bonchev–Trinajstić information content (AvgIpc) is 3.26. The number of fused-ring (bicyclic) bond motifs is 2. The first kappa shape index (κ1) is 27.4. The number of nitrogens with zero attached hydrogens (tertiary/aromatic N) is 1. The van der Waals surface area contributed by atoms with E-state index in [0.29, 0.717) is 47.5 Å². The first-order chi connectivity index (χ1) is 18.9. The normalized spacial score (nSPS) is 16.3. The van der Waals surface area contributed by atoms with Crippen molar-refractivity contribution in [2.45, 2.75) is 44.2 Å². The molecule has 0 bridgehead atoms. The molecule has 5 rings (SSSR count). The van der Waals surface area contributed by atoms with Crippen LogP contribution in [-0.4, -0.2) is 65.0 Å². The van der Waals surface area contributed by atoms with E-state index in [-0.39, 0.29) is 34.2 Å². The van der Waals surface area contributed by atoms with E-state index in [1.807, 2.05) is 0 Å². The van der Waals surface area contributed by atoms with E-state index < -0.39 is 29.0 Å². The Bertz CT molecular complexity index is 1540. The van der Waals surface area contributed by atoms with Gasteiger partial charge in [0.2, 0.25) is 0 Å². The summed E-state index contributed by atoms with van der Waals surface area (Å²) in [5.41, 5.74) is -1.84. The summed E-state index contributed by atoms with van der Waals surface area (Å²) in [6.45, 7) is 3.29. The highest BCUT2D eigenvalue weighted by atomic mass is 32.1. The van der Waals surface area contributed by atoms with E-state index in [0.717, 1.165) is 11.3 Å². The lowest BCUT2D eigenvalue weighted by atomic mass is 9.82. The standard InChI is InChI=1S/C28H28FN3O7S/c1-27(2,25(35)36)31-26(37)30-23-21(16-5-4-6-20(38-3)22(16)40-23)24(34)32-11-9-28(10-12-32)14-18(33)17-13-15(29)7-8-19(17)39-28/h4-8,13H,9-12,14H2,1-3H3,(H,35,36)(H2,30,31,37). The van der Waals surface area contributed by atoms with Gasteiger partial charge in [-0.15, -0.1) is 11.3 Å². The number of hydrogen-bond donors (Lipinski definition) is 3. The van der Waals surface area contributed by atoms with Crippen molar-refractivity contribution in [3.8, 4) is 11.5 Å². The van der Waals surface area contributed by atoms with Crippen LogP contribution in [0.15, 0.2) is 36.4 Å². The lowest BCUT2D eigenvalue weighted by Gasteiger charge is -2.44. The van der Waals surface area contributed by atoms with Crippen LogP contribution in [0.4, 0.5) is 14.2 Å². The first-order valence-electron chi connectivity index (χ1n) is 12.7. The summed E-state index contributed by atoms with van der Waals surface area (Å²) in [6.07, 6.45) is 0.877. The number of piperidine rings is 1. The Balaban J connectivity index is 1.40. The molecule has 3 aromatic rings. The maximum absolute atomic E-state index is 13.9. The Morgan fingerprint density at radius 2 is 1.90 bits per heavy atom. The van der Waals surface area contributed by atoms with Crippen molar-refractivity contribution in [2.24, 2.45) is 0 Å². The fourth-order valence-corrected chi connectivity index (χ4v) is 6.23. The lowest BCUT2D eigenvalue weighted by molar-refractivity contribution is -0.142. The highest BCUT2D eigenvalue weighted by Gasteiger charge is 2.44. The van der Waals surface area contributed by atoms with Crippen LogP contribution in [-0.2, 0) is 4.79 Å². The number of methoxy groups -OCH3 is 1. The van der Waals surface area contributed by atoms with Gasteiger partial charge in [0, 0.05) is 31.3 Å². The molecule has 2 aliphatic rings. The molecule has 40 heavy (non-hydrogen) atoms. The predicted molar refractivity (Wildman–Crippen MR) is 146 cm³/mol. The Kier molecular flexibility index (Phi) is 6.90. The summed E-state index contributed by atoms with van der Waals surface area (Å²) in [6, 6.07) is 8.37. The second kappa shape index (κ2) is 10.1. The number of carbonyl (C=O) groups is 4. The molecule has 3 N–H and O–H groups in total. The van der Waals surface area contributed by atoms with Crippen molar-refractivity contribution in [1.29, 1.82) is 0 Å². The number of carbonyl (C=O) groups excluding carboxylic acids is 3. The van der Waals surface area contributed by atoms with Crippen molar-refractivity contribution in [3.05, 3.63) is 53.3 Å². The molecule has 210 valence electrons. The molecule has 0 atom stereocenters. The zero-order valence-corrected chi connectivity index (χ0v) is 22.9. The molecule has 2 aromatic carbocycles. The molecular weight excluding hydrogens is 541 g/mol. The monoisotopic (exact) mass is 569 g/mol. The van der Waals surface area contributed by atoms with Gasteiger partial charge in [0.05, 0.1) is 29.4 Å². The van der Waals surface area contributed by atoms with Crippen LogP contribution in [0.3, 0.4) is 0 Å². The Labute approximate surface area is 233 Å². The average molecular weight is 570 g/mol. The predicted octanol–water partition coefficient (Wildman–Crippen LogP) is 4.67. The van der Waals surface area contributed by atoms with Crippen molar-refractivity contribution < 1.29 is 38.1 Å². The summed E-state index contributed by atoms with van der Waals surface area (Å²) >= 11 is 1.15. The maximum atomic E-state index is 13.9. The SMILES string of the molecule is COc1cccc2c(C(=O)N3CCC4(CC3)CC(=O)c3cc(F)ccc3O4)c(NC(=O)NC(C)(C)C(=O)O)sc12. The molecule has 1 saturated heterocycles. The molecule has 0 unspecified atom stereocenters. The minimum absolute atomic E-state index is 0.0937. The number of nitrogens with one attached hydrogen (secondary N) is 2. The van der Waals surface area contributed by atoms with Gasteiger partial charge in [-0.25, -0.2) is 14.0 Å². The van der Waals surface area contributed by atoms with Gasteiger partial charge in [0.25, 0.3) is 5.91 Å². The summed E-state index contributed by atoms with van der Waals surface area (Å²) in [5, 5.41) is 15.3. The van der Waals surface area contributed by atoms with E-state index in [4.69, 9.17) is 9.47 Å². The number of likely N-dealkylation sites (tertiary alicyclic amines) is 1. The number of ether oxygens (including phenoxy) is 2. The molecule has 1 aromatic heterocycles. The fraction of sp³-hybridized carbons (Fsp3) is 0.357. The smallest absolute Gasteiger partial charge is 0.328 e. The van der Waals surface area contributed by atoms with Gasteiger partial charge >= 0.3 is 12.0 Å². The number of rotatable bonds is 5. The van der Waals surface area contributed by atoms with Crippen LogP contribution in [0.1, 0.15) is 53.8 Å². The number of thiophene rings is 1. The number of hydrogen-bond acceptors (Lipinski definition) is 7. The van der Waals surface area contributed by atoms with Crippen LogP contribution >= 0.6 is 11.3 Å². The van der Waals surface area contributed by atoms with Crippen LogP contribution in [0.5, 0.6) is 11.5 Å². The summed E-state index contributed by atoms with van der Waals surface area (Å²) in [4.78, 5) is 52.6. The number of Topliss-reactive ketones (excluding diaryl/α,β-unsaturated/α-hetero) is 1. The quantitative estimate of drug-likeness (QED) is 0.406. The molecule has 0 saturated carbocycles. The summed E-state index contributed by atoms with van der Waals surface area (Å²) in [5.74, 6) is -1.37. The number of urea groups is 1. The van der Waals surface area contributed by atoms with Gasteiger partial charge in [-0.1, -0.05) is 12.1 Å². The molecule has 12 heteroatoms. The third kappa shape index (κ3) is 4.94. The fourth-order valence-electron chi connectivity index (χ4n) is 5.05. The van der Waals surface area contributed by atoms with Crippen molar-refractivity contribution in [2.75, 3.05) is 25.5 Å². The molecule has 0 aliphatic carbocycles. The number of carboxylic acid groups (broad SMARTS) is 1. The largest absolute Gasteiger partial charge is 0.495 e. The maximum Gasteiger partial charge on any atom is 0.328 e. The number of carboxylic acids is 1. The van der Waals surface area contributed by atoms with Gasteiger partial charge in [0.15, 0.2) is 5.78 Å². The molecule has 0 radical (unpaired) electrons. The third-order valence-electron chi connectivity index (χ3n) is 7.31. The van der Waals surface area contributed by atoms with Crippen LogP contribution in [0.25, 0.3) is 10.1 Å². The molecule has 1 spiro atoms. The zero-order valence-electron chi connectivity index (χ0n) is 22.1. The number of ketones is 1. The van der Waals surface area contributed by atoms with Gasteiger partial charge < -0.3 is 24.8 Å². The second-order valence-corrected chi connectivity index (χ2v) is 11.5. The lowest BCUT2D eigenvalue weighted by Crippen LogP contribution is -2.52. The van der Waals surface area contributed by atoms with E-state index in [1.165, 1.54) is 39.2 Å². The molecule has 3 heterocycles. The highest BCUT2D eigenvalue weighted by molar-refractivity contribution is 7.23. The Morgan fingerprint density at radius 3 is 2.58 bits per heavy atom. The number of halogens is 1. The Hall–Kier alpha value is -4.19. The molecule has 10 nitrogen and oxygen atoms in total. The van der Waals surface area contributed by atoms with Gasteiger partial charge in [-0.05, 0) is 38.1 Å². The molecular formula is C28H28FN3O7S. The van der Waals surface area contributed by atoms with Crippen molar-refractivity contribution >= 4 is 50.1 Å². The number of amides is 3. The molecule has 2 aliphatic heterocycles. The Morgan fingerprint density at radius 1 is 1.18 bits per heavy atom. The minimum atomic E-state index is -1.54. The number of aliphatic carboxylic acids is 1. The van der Waals surface area contributed by atoms with Gasteiger partial charge in [0.1, 0.15) is 33.5 Å². The van der Waals surface area contributed by atoms with Crippen LogP contribution < -0.4 is 20.1 Å². The topological polar surface area (TPSA) is 134 Å². The van der Waals surface area contributed by atoms with Gasteiger partial charge in [-0.2, -0.15) is 0 Å². The van der Waals surface area contributed by atoms with Crippen molar-refractivity contribution in [3.63, 3.8) is 0 Å². The van der Waals surface area contributed by atoms with Crippen LogP contribution in [0, 0.1) is 5.82 Å². The molecule has 1 fully saturated rings. The zero-order chi connectivity index (χ0) is 28.8. The number of benzene rings is 2. The highest BCUT2D eigenvalue weighted by Crippen LogP contribution is 2.43. The summed E-state index contributed by atoms with van der Waals surface area (Å²) < 4.78 is 26.0.